The Labute approximate surface area is 85.5 Å². The van der Waals surface area contributed by atoms with Crippen molar-refractivity contribution < 1.29 is 0 Å². The molecule has 1 aliphatic rings. The van der Waals surface area contributed by atoms with Crippen LogP contribution in [0.5, 0.6) is 0 Å². The SMILES string of the molecule is CC1c2cccn2CCN1CCCN. The van der Waals surface area contributed by atoms with Crippen molar-refractivity contribution in [3.8, 4) is 0 Å². The predicted molar refractivity (Wildman–Crippen MR) is 58.1 cm³/mol. The van der Waals surface area contributed by atoms with Gasteiger partial charge in [-0.1, -0.05) is 0 Å². The lowest BCUT2D eigenvalue weighted by molar-refractivity contribution is 0.168. The van der Waals surface area contributed by atoms with E-state index in [0.29, 0.717) is 6.04 Å². The van der Waals surface area contributed by atoms with E-state index in [2.05, 4.69) is 34.7 Å². The van der Waals surface area contributed by atoms with Gasteiger partial charge in [-0.25, -0.2) is 0 Å². The van der Waals surface area contributed by atoms with Gasteiger partial charge in [-0.05, 0) is 32.0 Å². The molecule has 78 valence electrons. The Morgan fingerprint density at radius 3 is 3.14 bits per heavy atom. The van der Waals surface area contributed by atoms with Crippen LogP contribution >= 0.6 is 0 Å². The van der Waals surface area contributed by atoms with Crippen LogP contribution in [0.1, 0.15) is 25.1 Å². The van der Waals surface area contributed by atoms with Crippen LogP contribution in [-0.4, -0.2) is 29.1 Å². The highest BCUT2D eigenvalue weighted by molar-refractivity contribution is 5.13. The lowest BCUT2D eigenvalue weighted by atomic mass is 10.1. The first-order chi connectivity index (χ1) is 6.83. The normalized spacial score (nSPS) is 22.3. The summed E-state index contributed by atoms with van der Waals surface area (Å²) in [4.78, 5) is 2.52. The van der Waals surface area contributed by atoms with Crippen molar-refractivity contribution in [1.29, 1.82) is 0 Å². The van der Waals surface area contributed by atoms with Gasteiger partial charge in [-0.15, -0.1) is 0 Å². The number of aromatic nitrogens is 1. The second kappa shape index (κ2) is 4.15. The Morgan fingerprint density at radius 1 is 1.50 bits per heavy atom. The van der Waals surface area contributed by atoms with Crippen molar-refractivity contribution in [1.82, 2.24) is 9.47 Å². The topological polar surface area (TPSA) is 34.2 Å². The van der Waals surface area contributed by atoms with E-state index in [9.17, 15) is 0 Å². The minimum atomic E-state index is 0.547. The highest BCUT2D eigenvalue weighted by Gasteiger charge is 2.22. The molecule has 0 aliphatic carbocycles. The van der Waals surface area contributed by atoms with E-state index in [1.54, 1.807) is 0 Å². The molecule has 1 aliphatic heterocycles. The van der Waals surface area contributed by atoms with Gasteiger partial charge in [0.25, 0.3) is 0 Å². The highest BCUT2D eigenvalue weighted by Crippen LogP contribution is 2.24. The summed E-state index contributed by atoms with van der Waals surface area (Å²) < 4.78 is 2.35. The lowest BCUT2D eigenvalue weighted by Gasteiger charge is -2.34. The van der Waals surface area contributed by atoms with Crippen LogP contribution in [-0.2, 0) is 6.54 Å². The fourth-order valence-corrected chi connectivity index (χ4v) is 2.23. The summed E-state index contributed by atoms with van der Waals surface area (Å²) in [6, 6.07) is 4.91. The van der Waals surface area contributed by atoms with Crippen LogP contribution in [0, 0.1) is 0 Å². The molecule has 0 spiro atoms. The van der Waals surface area contributed by atoms with Gasteiger partial charge < -0.3 is 10.3 Å². The van der Waals surface area contributed by atoms with E-state index in [1.807, 2.05) is 0 Å². The Balaban J connectivity index is 2.05. The molecule has 0 aromatic carbocycles. The van der Waals surface area contributed by atoms with Crippen LogP contribution in [0.3, 0.4) is 0 Å². The third kappa shape index (κ3) is 1.70. The van der Waals surface area contributed by atoms with Crippen LogP contribution in [0.15, 0.2) is 18.3 Å². The van der Waals surface area contributed by atoms with Gasteiger partial charge in [0.1, 0.15) is 0 Å². The molecule has 1 aromatic heterocycles. The van der Waals surface area contributed by atoms with Gasteiger partial charge in [0, 0.05) is 37.6 Å². The standard InChI is InChI=1S/C11H19N3/c1-10-11-4-2-6-14(11)9-8-13(10)7-3-5-12/h2,4,6,10H,3,5,7-9,12H2,1H3. The zero-order chi connectivity index (χ0) is 9.97. The molecule has 2 rings (SSSR count). The fourth-order valence-electron chi connectivity index (χ4n) is 2.23. The summed E-state index contributed by atoms with van der Waals surface area (Å²) in [7, 11) is 0. The first-order valence-corrected chi connectivity index (χ1v) is 5.42. The first-order valence-electron chi connectivity index (χ1n) is 5.42. The maximum atomic E-state index is 5.53. The van der Waals surface area contributed by atoms with Crippen molar-refractivity contribution in [2.75, 3.05) is 19.6 Å². The van der Waals surface area contributed by atoms with Crippen LogP contribution < -0.4 is 5.73 Å². The largest absolute Gasteiger partial charge is 0.349 e. The maximum absolute atomic E-state index is 5.53. The second-order valence-electron chi connectivity index (χ2n) is 3.98. The Hall–Kier alpha value is -0.800. The number of nitrogens with zero attached hydrogens (tertiary/aromatic N) is 2. The van der Waals surface area contributed by atoms with Crippen molar-refractivity contribution in [3.63, 3.8) is 0 Å². The molecule has 2 N–H and O–H groups in total. The maximum Gasteiger partial charge on any atom is 0.0472 e. The molecular formula is C11H19N3. The molecular weight excluding hydrogens is 174 g/mol. The smallest absolute Gasteiger partial charge is 0.0472 e. The van der Waals surface area contributed by atoms with Crippen molar-refractivity contribution in [2.24, 2.45) is 5.73 Å². The lowest BCUT2D eigenvalue weighted by Crippen LogP contribution is -2.37. The summed E-state index contributed by atoms with van der Waals surface area (Å²) in [5, 5.41) is 0. The van der Waals surface area contributed by atoms with Crippen molar-refractivity contribution in [2.45, 2.75) is 25.9 Å². The zero-order valence-corrected chi connectivity index (χ0v) is 8.82. The Bertz CT molecular complexity index is 292. The van der Waals surface area contributed by atoms with Gasteiger partial charge in [-0.2, -0.15) is 0 Å². The van der Waals surface area contributed by atoms with Gasteiger partial charge in [0.15, 0.2) is 0 Å². The van der Waals surface area contributed by atoms with Gasteiger partial charge >= 0.3 is 0 Å². The molecule has 0 bridgehead atoms. The quantitative estimate of drug-likeness (QED) is 0.783. The summed E-state index contributed by atoms with van der Waals surface area (Å²) in [5.74, 6) is 0. The van der Waals surface area contributed by atoms with E-state index < -0.39 is 0 Å². The Morgan fingerprint density at radius 2 is 2.36 bits per heavy atom. The van der Waals surface area contributed by atoms with E-state index >= 15 is 0 Å². The van der Waals surface area contributed by atoms with E-state index in [0.717, 1.165) is 32.6 Å². The Kier molecular flexibility index (Phi) is 2.89. The molecule has 0 saturated carbocycles. The molecule has 0 saturated heterocycles. The molecule has 1 unspecified atom stereocenters. The fraction of sp³-hybridized carbons (Fsp3) is 0.636. The number of nitrogens with two attached hydrogens (primary N) is 1. The summed E-state index contributed by atoms with van der Waals surface area (Å²) in [6.45, 7) is 6.48. The summed E-state index contributed by atoms with van der Waals surface area (Å²) in [5.41, 5.74) is 6.97. The zero-order valence-electron chi connectivity index (χ0n) is 8.82. The first kappa shape index (κ1) is 9.74. The molecule has 3 heteroatoms. The van der Waals surface area contributed by atoms with Crippen LogP contribution in [0.25, 0.3) is 0 Å². The summed E-state index contributed by atoms with van der Waals surface area (Å²) >= 11 is 0. The average molecular weight is 193 g/mol. The minimum absolute atomic E-state index is 0.547. The average Bonchev–Trinajstić information content (AvgIpc) is 2.66. The third-order valence-corrected chi connectivity index (χ3v) is 3.12. The predicted octanol–water partition coefficient (Wildman–Crippen LogP) is 1.21. The van der Waals surface area contributed by atoms with E-state index in [-0.39, 0.29) is 0 Å². The van der Waals surface area contributed by atoms with E-state index in [1.165, 1.54) is 5.69 Å². The van der Waals surface area contributed by atoms with E-state index in [4.69, 9.17) is 5.73 Å². The summed E-state index contributed by atoms with van der Waals surface area (Å²) in [6.07, 6.45) is 3.27. The third-order valence-electron chi connectivity index (χ3n) is 3.12. The highest BCUT2D eigenvalue weighted by atomic mass is 15.2. The van der Waals surface area contributed by atoms with Crippen LogP contribution in [0.2, 0.25) is 0 Å². The van der Waals surface area contributed by atoms with Gasteiger partial charge in [0.2, 0.25) is 0 Å². The molecule has 3 nitrogen and oxygen atoms in total. The number of rotatable bonds is 3. The van der Waals surface area contributed by atoms with Crippen LogP contribution in [0.4, 0.5) is 0 Å². The van der Waals surface area contributed by atoms with Crippen molar-refractivity contribution >= 4 is 0 Å². The number of hydrogen-bond donors (Lipinski definition) is 1. The molecule has 0 radical (unpaired) electrons. The molecule has 1 atom stereocenters. The molecule has 0 fully saturated rings. The van der Waals surface area contributed by atoms with Gasteiger partial charge in [0.05, 0.1) is 0 Å². The second-order valence-corrected chi connectivity index (χ2v) is 3.98. The molecule has 14 heavy (non-hydrogen) atoms. The van der Waals surface area contributed by atoms with Crippen molar-refractivity contribution in [3.05, 3.63) is 24.0 Å². The number of hydrogen-bond acceptors (Lipinski definition) is 2. The molecule has 1 aromatic rings. The van der Waals surface area contributed by atoms with Gasteiger partial charge in [-0.3, -0.25) is 4.90 Å². The molecule has 0 amide bonds. The number of fused-ring (bicyclic) bond motifs is 1. The minimum Gasteiger partial charge on any atom is -0.349 e. The monoisotopic (exact) mass is 193 g/mol. The molecule has 2 heterocycles.